The molecular formula is C15H17FN2O3. The molecule has 5 nitrogen and oxygen atoms in total. The van der Waals surface area contributed by atoms with Crippen LogP contribution >= 0.6 is 0 Å². The van der Waals surface area contributed by atoms with Gasteiger partial charge in [0.05, 0.1) is 38.4 Å². The van der Waals surface area contributed by atoms with E-state index in [0.29, 0.717) is 22.9 Å². The van der Waals surface area contributed by atoms with Crippen molar-refractivity contribution < 1.29 is 18.6 Å². The summed E-state index contributed by atoms with van der Waals surface area (Å²) in [6.45, 7) is 0. The zero-order chi connectivity index (χ0) is 15.4. The van der Waals surface area contributed by atoms with E-state index in [-0.39, 0.29) is 11.4 Å². The van der Waals surface area contributed by atoms with E-state index in [9.17, 15) is 4.39 Å². The Hall–Kier alpha value is -2.63. The number of anilines is 3. The number of halogens is 1. The highest BCUT2D eigenvalue weighted by Gasteiger charge is 2.11. The predicted molar refractivity (Wildman–Crippen MR) is 80.2 cm³/mol. The minimum atomic E-state index is -0.516. The van der Waals surface area contributed by atoms with Crippen LogP contribution in [-0.2, 0) is 0 Å². The third-order valence-corrected chi connectivity index (χ3v) is 3.00. The first kappa shape index (κ1) is 14.8. The van der Waals surface area contributed by atoms with Crippen LogP contribution in [0.3, 0.4) is 0 Å². The summed E-state index contributed by atoms with van der Waals surface area (Å²) in [7, 11) is 4.52. The normalized spacial score (nSPS) is 10.1. The molecule has 0 heterocycles. The fourth-order valence-corrected chi connectivity index (χ4v) is 1.89. The van der Waals surface area contributed by atoms with Crippen LogP contribution in [0.25, 0.3) is 0 Å². The van der Waals surface area contributed by atoms with Crippen molar-refractivity contribution in [2.45, 2.75) is 0 Å². The van der Waals surface area contributed by atoms with Gasteiger partial charge >= 0.3 is 0 Å². The largest absolute Gasteiger partial charge is 0.497 e. The zero-order valence-corrected chi connectivity index (χ0v) is 12.1. The number of benzene rings is 2. The van der Waals surface area contributed by atoms with Crippen LogP contribution in [-0.4, -0.2) is 21.3 Å². The number of hydrogen-bond acceptors (Lipinski definition) is 5. The Balaban J connectivity index is 2.41. The van der Waals surface area contributed by atoms with Gasteiger partial charge in [-0.3, -0.25) is 0 Å². The highest BCUT2D eigenvalue weighted by molar-refractivity contribution is 5.77. The fourth-order valence-electron chi connectivity index (χ4n) is 1.89. The second-order valence-corrected chi connectivity index (χ2v) is 4.27. The summed E-state index contributed by atoms with van der Waals surface area (Å²) in [5.41, 5.74) is 7.25. The molecule has 2 rings (SSSR count). The molecule has 0 saturated heterocycles. The van der Waals surface area contributed by atoms with Gasteiger partial charge in [-0.05, 0) is 12.1 Å². The number of methoxy groups -OCH3 is 3. The fraction of sp³-hybridized carbons (Fsp3) is 0.200. The molecule has 0 radical (unpaired) electrons. The highest BCUT2D eigenvalue weighted by Crippen LogP contribution is 2.35. The maximum absolute atomic E-state index is 13.6. The Morgan fingerprint density at radius 3 is 2.24 bits per heavy atom. The predicted octanol–water partition coefficient (Wildman–Crippen LogP) is 3.18. The van der Waals surface area contributed by atoms with Gasteiger partial charge in [0, 0.05) is 18.2 Å². The maximum Gasteiger partial charge on any atom is 0.167 e. The average molecular weight is 292 g/mol. The lowest BCUT2D eigenvalue weighted by atomic mass is 10.2. The number of nitrogens with one attached hydrogen (secondary N) is 1. The Bertz CT molecular complexity index is 647. The molecule has 2 aromatic rings. The summed E-state index contributed by atoms with van der Waals surface area (Å²) in [6, 6.07) is 7.99. The van der Waals surface area contributed by atoms with Crippen molar-refractivity contribution in [3.8, 4) is 17.2 Å². The molecule has 2 aromatic carbocycles. The van der Waals surface area contributed by atoms with Gasteiger partial charge in [-0.25, -0.2) is 4.39 Å². The first-order valence-corrected chi connectivity index (χ1v) is 6.21. The molecule has 112 valence electrons. The molecule has 0 atom stereocenters. The van der Waals surface area contributed by atoms with Crippen molar-refractivity contribution in [1.29, 1.82) is 0 Å². The Labute approximate surface area is 122 Å². The molecule has 6 heteroatoms. The van der Waals surface area contributed by atoms with Gasteiger partial charge in [0.2, 0.25) is 0 Å². The third kappa shape index (κ3) is 3.10. The smallest absolute Gasteiger partial charge is 0.167 e. The van der Waals surface area contributed by atoms with Crippen molar-refractivity contribution in [3.05, 3.63) is 36.1 Å². The zero-order valence-electron chi connectivity index (χ0n) is 12.1. The Morgan fingerprint density at radius 2 is 1.62 bits per heavy atom. The van der Waals surface area contributed by atoms with E-state index in [1.54, 1.807) is 32.4 Å². The van der Waals surface area contributed by atoms with Gasteiger partial charge < -0.3 is 25.3 Å². The van der Waals surface area contributed by atoms with Crippen molar-refractivity contribution in [3.63, 3.8) is 0 Å². The van der Waals surface area contributed by atoms with Gasteiger partial charge in [-0.15, -0.1) is 0 Å². The van der Waals surface area contributed by atoms with Gasteiger partial charge in [0.1, 0.15) is 11.5 Å². The van der Waals surface area contributed by atoms with Crippen LogP contribution < -0.4 is 25.3 Å². The van der Waals surface area contributed by atoms with E-state index in [1.165, 1.54) is 19.2 Å². The van der Waals surface area contributed by atoms with Crippen LogP contribution in [0.4, 0.5) is 21.5 Å². The number of nitrogen functional groups attached to an aromatic ring is 1. The minimum Gasteiger partial charge on any atom is -0.497 e. The van der Waals surface area contributed by atoms with E-state index in [1.807, 2.05) is 0 Å². The second kappa shape index (κ2) is 6.21. The number of nitrogens with two attached hydrogens (primary N) is 1. The Kier molecular flexibility index (Phi) is 4.37. The van der Waals surface area contributed by atoms with E-state index in [4.69, 9.17) is 19.9 Å². The topological polar surface area (TPSA) is 65.7 Å². The van der Waals surface area contributed by atoms with Crippen molar-refractivity contribution in [2.75, 3.05) is 32.4 Å². The van der Waals surface area contributed by atoms with Crippen molar-refractivity contribution in [2.24, 2.45) is 0 Å². The molecule has 0 aliphatic heterocycles. The van der Waals surface area contributed by atoms with Crippen molar-refractivity contribution >= 4 is 17.1 Å². The summed E-state index contributed by atoms with van der Waals surface area (Å²) in [5.74, 6) is 0.858. The number of rotatable bonds is 5. The van der Waals surface area contributed by atoms with E-state index in [0.717, 1.165) is 0 Å². The van der Waals surface area contributed by atoms with Gasteiger partial charge in [-0.1, -0.05) is 0 Å². The molecule has 0 unspecified atom stereocenters. The van der Waals surface area contributed by atoms with Crippen molar-refractivity contribution in [1.82, 2.24) is 0 Å². The molecular weight excluding hydrogens is 275 g/mol. The van der Waals surface area contributed by atoms with E-state index in [2.05, 4.69) is 5.32 Å². The number of hydrogen-bond donors (Lipinski definition) is 2. The summed E-state index contributed by atoms with van der Waals surface area (Å²) < 4.78 is 29.0. The Morgan fingerprint density at radius 1 is 0.905 bits per heavy atom. The van der Waals surface area contributed by atoms with Crippen LogP contribution in [0.1, 0.15) is 0 Å². The first-order valence-electron chi connectivity index (χ1n) is 6.21. The molecule has 0 fully saturated rings. The molecule has 3 N–H and O–H groups in total. The molecule has 0 bridgehead atoms. The monoisotopic (exact) mass is 292 g/mol. The average Bonchev–Trinajstić information content (AvgIpc) is 2.49. The third-order valence-electron chi connectivity index (χ3n) is 3.00. The summed E-state index contributed by atoms with van der Waals surface area (Å²) in [6.07, 6.45) is 0. The molecule has 0 aliphatic rings. The molecule has 0 aromatic heterocycles. The van der Waals surface area contributed by atoms with Gasteiger partial charge in [-0.2, -0.15) is 0 Å². The van der Waals surface area contributed by atoms with Crippen LogP contribution in [0.5, 0.6) is 17.2 Å². The van der Waals surface area contributed by atoms with Crippen LogP contribution in [0.2, 0.25) is 0 Å². The van der Waals surface area contributed by atoms with Crippen LogP contribution in [0.15, 0.2) is 30.3 Å². The SMILES string of the molecule is COc1ccc(OC)c(Nc2cc(OC)c(F)cc2N)c1. The maximum atomic E-state index is 13.6. The molecule has 0 saturated carbocycles. The minimum absolute atomic E-state index is 0.105. The van der Waals surface area contributed by atoms with Crippen LogP contribution in [0, 0.1) is 5.82 Å². The summed E-state index contributed by atoms with van der Waals surface area (Å²) >= 11 is 0. The summed E-state index contributed by atoms with van der Waals surface area (Å²) in [4.78, 5) is 0. The summed E-state index contributed by atoms with van der Waals surface area (Å²) in [5, 5.41) is 3.09. The van der Waals surface area contributed by atoms with E-state index >= 15 is 0 Å². The lowest BCUT2D eigenvalue weighted by molar-refractivity contribution is 0.387. The lowest BCUT2D eigenvalue weighted by Gasteiger charge is -2.15. The molecule has 0 amide bonds. The van der Waals surface area contributed by atoms with Gasteiger partial charge in [0.15, 0.2) is 11.6 Å². The standard InChI is InChI=1S/C15H17FN2O3/c1-19-9-4-5-14(20-2)13(6-9)18-12-8-15(21-3)10(16)7-11(12)17/h4-8,18H,17H2,1-3H3. The quantitative estimate of drug-likeness (QED) is 0.829. The first-order chi connectivity index (χ1) is 10.1. The molecule has 0 spiro atoms. The lowest BCUT2D eigenvalue weighted by Crippen LogP contribution is -2.01. The number of ether oxygens (including phenoxy) is 3. The highest BCUT2D eigenvalue weighted by atomic mass is 19.1. The van der Waals surface area contributed by atoms with Gasteiger partial charge in [0.25, 0.3) is 0 Å². The second-order valence-electron chi connectivity index (χ2n) is 4.27. The molecule has 0 aliphatic carbocycles. The molecule has 21 heavy (non-hydrogen) atoms. The van der Waals surface area contributed by atoms with E-state index < -0.39 is 5.82 Å².